The van der Waals surface area contributed by atoms with Gasteiger partial charge in [0.2, 0.25) is 11.9 Å². The van der Waals surface area contributed by atoms with E-state index in [4.69, 9.17) is 4.98 Å². The van der Waals surface area contributed by atoms with E-state index in [1.54, 1.807) is 6.20 Å². The van der Waals surface area contributed by atoms with E-state index in [0.717, 1.165) is 40.7 Å². The summed E-state index contributed by atoms with van der Waals surface area (Å²) in [5.41, 5.74) is 3.75. The third-order valence-corrected chi connectivity index (χ3v) is 5.22. The van der Waals surface area contributed by atoms with E-state index in [1.165, 1.54) is 0 Å². The number of aromatic nitrogens is 3. The summed E-state index contributed by atoms with van der Waals surface area (Å²) in [5.74, 6) is 2.30. The molecule has 1 amide bonds. The summed E-state index contributed by atoms with van der Waals surface area (Å²) in [6.45, 7) is 5.18. The Morgan fingerprint density at radius 2 is 2.07 bits per heavy atom. The number of amides is 1. The zero-order chi connectivity index (χ0) is 19.3. The van der Waals surface area contributed by atoms with Gasteiger partial charge in [-0.2, -0.15) is 4.98 Å². The van der Waals surface area contributed by atoms with E-state index in [0.29, 0.717) is 12.4 Å². The minimum absolute atomic E-state index is 0.0224. The average Bonchev–Trinajstić information content (AvgIpc) is 3.18. The highest BCUT2D eigenvalue weighted by Gasteiger charge is 2.38. The van der Waals surface area contributed by atoms with E-state index in [9.17, 15) is 4.79 Å². The van der Waals surface area contributed by atoms with Crippen LogP contribution in [0.1, 0.15) is 25.0 Å². The fourth-order valence-electron chi connectivity index (χ4n) is 3.81. The predicted molar refractivity (Wildman–Crippen MR) is 108 cm³/mol. The van der Waals surface area contributed by atoms with Crippen molar-refractivity contribution in [3.05, 3.63) is 59.9 Å². The molecular formula is C21H20N6O. The number of nitrogens with one attached hydrogen (secondary N) is 2. The average molecular weight is 372 g/mol. The first-order valence-corrected chi connectivity index (χ1v) is 9.25. The second-order valence-electron chi connectivity index (χ2n) is 7.81. The van der Waals surface area contributed by atoms with Gasteiger partial charge in [-0.1, -0.05) is 19.9 Å². The monoisotopic (exact) mass is 372 g/mol. The van der Waals surface area contributed by atoms with E-state index in [1.807, 2.05) is 42.6 Å². The number of hydrogen-bond donors (Lipinski definition) is 2. The van der Waals surface area contributed by atoms with E-state index in [2.05, 4.69) is 39.3 Å². The van der Waals surface area contributed by atoms with Gasteiger partial charge in [-0.3, -0.25) is 4.79 Å². The van der Waals surface area contributed by atoms with Gasteiger partial charge in [-0.25, -0.2) is 9.97 Å². The second kappa shape index (κ2) is 6.02. The first-order valence-electron chi connectivity index (χ1n) is 9.25. The maximum Gasteiger partial charge on any atom is 0.229 e. The molecule has 0 bridgehead atoms. The maximum absolute atomic E-state index is 11.6. The van der Waals surface area contributed by atoms with Crippen molar-refractivity contribution in [2.75, 3.05) is 22.1 Å². The van der Waals surface area contributed by atoms with Crippen molar-refractivity contribution >= 4 is 34.9 Å². The fourth-order valence-corrected chi connectivity index (χ4v) is 3.81. The Labute approximate surface area is 162 Å². The molecule has 7 heteroatoms. The molecule has 0 unspecified atom stereocenters. The molecule has 0 radical (unpaired) electrons. The van der Waals surface area contributed by atoms with Crippen LogP contribution in [0.3, 0.4) is 0 Å². The minimum atomic E-state index is -0.0645. The summed E-state index contributed by atoms with van der Waals surface area (Å²) in [4.78, 5) is 27.5. The van der Waals surface area contributed by atoms with Crippen molar-refractivity contribution in [1.29, 1.82) is 0 Å². The molecule has 0 saturated heterocycles. The summed E-state index contributed by atoms with van der Waals surface area (Å²) in [5, 5.41) is 6.11. The van der Waals surface area contributed by atoms with Crippen molar-refractivity contribution in [2.24, 2.45) is 0 Å². The molecule has 1 aromatic carbocycles. The number of rotatable bonds is 3. The molecule has 2 aliphatic heterocycles. The Bertz CT molecular complexity index is 1080. The normalized spacial score (nSPS) is 16.5. The van der Waals surface area contributed by atoms with Crippen LogP contribution in [0, 0.1) is 0 Å². The highest BCUT2D eigenvalue weighted by Crippen LogP contribution is 2.42. The molecule has 3 aromatic rings. The molecule has 2 aromatic heterocycles. The van der Waals surface area contributed by atoms with Gasteiger partial charge in [0, 0.05) is 41.3 Å². The van der Waals surface area contributed by atoms with Crippen LogP contribution < -0.4 is 15.5 Å². The van der Waals surface area contributed by atoms with Crippen LogP contribution in [0.4, 0.5) is 29.0 Å². The smallest absolute Gasteiger partial charge is 0.229 e. The third-order valence-electron chi connectivity index (χ3n) is 5.22. The molecule has 0 fully saturated rings. The summed E-state index contributed by atoms with van der Waals surface area (Å²) in [7, 11) is 0. The van der Waals surface area contributed by atoms with Crippen LogP contribution >= 0.6 is 0 Å². The van der Waals surface area contributed by atoms with Gasteiger partial charge in [0.1, 0.15) is 11.6 Å². The number of anilines is 5. The summed E-state index contributed by atoms with van der Waals surface area (Å²) >= 11 is 0. The van der Waals surface area contributed by atoms with E-state index >= 15 is 0 Å². The molecule has 140 valence electrons. The van der Waals surface area contributed by atoms with E-state index < -0.39 is 0 Å². The Morgan fingerprint density at radius 3 is 2.89 bits per heavy atom. The third kappa shape index (κ3) is 2.76. The first-order chi connectivity index (χ1) is 13.5. The highest BCUT2D eigenvalue weighted by atomic mass is 16.1. The Kier molecular flexibility index (Phi) is 3.58. The molecule has 0 spiro atoms. The van der Waals surface area contributed by atoms with Crippen LogP contribution in [-0.2, 0) is 16.6 Å². The van der Waals surface area contributed by atoms with Gasteiger partial charge < -0.3 is 15.5 Å². The van der Waals surface area contributed by atoms with Crippen LogP contribution in [0.2, 0.25) is 0 Å². The number of hydrogen-bond acceptors (Lipinski definition) is 6. The summed E-state index contributed by atoms with van der Waals surface area (Å²) in [6.07, 6.45) is 4.09. The second-order valence-corrected chi connectivity index (χ2v) is 7.81. The molecule has 5 rings (SSSR count). The number of benzene rings is 1. The lowest BCUT2D eigenvalue weighted by Gasteiger charge is -2.20. The Hall–Kier alpha value is -3.48. The molecule has 7 nitrogen and oxygen atoms in total. The number of carbonyl (C=O) groups excluding carboxylic acids is 1. The van der Waals surface area contributed by atoms with Crippen LogP contribution in [0.15, 0.2) is 48.8 Å². The number of carbonyl (C=O) groups is 1. The van der Waals surface area contributed by atoms with Gasteiger partial charge >= 0.3 is 0 Å². The molecule has 0 aliphatic carbocycles. The van der Waals surface area contributed by atoms with Crippen molar-refractivity contribution < 1.29 is 4.79 Å². The molecule has 4 heterocycles. The van der Waals surface area contributed by atoms with Crippen molar-refractivity contribution in [2.45, 2.75) is 25.7 Å². The molecular weight excluding hydrogens is 352 g/mol. The van der Waals surface area contributed by atoms with Crippen LogP contribution in [0.25, 0.3) is 0 Å². The first kappa shape index (κ1) is 16.7. The SMILES string of the molecule is CC1(C)CN(c2ccccn2)c2nc(Nc3ccc4c(c3)CC(=O)N4)ncc21. The van der Waals surface area contributed by atoms with Gasteiger partial charge in [0.25, 0.3) is 0 Å². The molecule has 2 N–H and O–H groups in total. The van der Waals surface area contributed by atoms with E-state index in [-0.39, 0.29) is 11.3 Å². The molecule has 2 aliphatic rings. The number of pyridine rings is 1. The Morgan fingerprint density at radius 1 is 1.18 bits per heavy atom. The summed E-state index contributed by atoms with van der Waals surface area (Å²) in [6, 6.07) is 11.7. The quantitative estimate of drug-likeness (QED) is 0.732. The zero-order valence-electron chi connectivity index (χ0n) is 15.7. The number of fused-ring (bicyclic) bond motifs is 2. The van der Waals surface area contributed by atoms with Crippen LogP contribution in [-0.4, -0.2) is 27.4 Å². The van der Waals surface area contributed by atoms with Crippen LogP contribution in [0.5, 0.6) is 0 Å². The van der Waals surface area contributed by atoms with Crippen molar-refractivity contribution in [3.8, 4) is 0 Å². The Balaban J connectivity index is 1.49. The lowest BCUT2D eigenvalue weighted by atomic mass is 9.89. The van der Waals surface area contributed by atoms with Gasteiger partial charge in [0.15, 0.2) is 0 Å². The molecule has 28 heavy (non-hydrogen) atoms. The van der Waals surface area contributed by atoms with Gasteiger partial charge in [-0.05, 0) is 35.9 Å². The largest absolute Gasteiger partial charge is 0.326 e. The lowest BCUT2D eigenvalue weighted by Crippen LogP contribution is -2.25. The molecule has 0 atom stereocenters. The van der Waals surface area contributed by atoms with Crippen molar-refractivity contribution in [3.63, 3.8) is 0 Å². The van der Waals surface area contributed by atoms with Gasteiger partial charge in [-0.15, -0.1) is 0 Å². The number of nitrogens with zero attached hydrogens (tertiary/aromatic N) is 4. The fraction of sp³-hybridized carbons (Fsp3) is 0.238. The minimum Gasteiger partial charge on any atom is -0.326 e. The highest BCUT2D eigenvalue weighted by molar-refractivity contribution is 5.99. The standard InChI is InChI=1S/C21H20N6O/c1-21(2)12-27(17-5-3-4-8-22-17)19-15(21)11-23-20(26-19)24-14-6-7-16-13(9-14)10-18(28)25-16/h3-9,11H,10,12H2,1-2H3,(H,25,28)(H,23,24,26). The lowest BCUT2D eigenvalue weighted by molar-refractivity contribution is -0.115. The predicted octanol–water partition coefficient (Wildman–Crippen LogP) is 3.54. The summed E-state index contributed by atoms with van der Waals surface area (Å²) < 4.78 is 0. The molecule has 0 saturated carbocycles. The maximum atomic E-state index is 11.6. The van der Waals surface area contributed by atoms with Gasteiger partial charge in [0.05, 0.1) is 6.42 Å². The van der Waals surface area contributed by atoms with Crippen molar-refractivity contribution in [1.82, 2.24) is 15.0 Å². The topological polar surface area (TPSA) is 83.0 Å². The zero-order valence-corrected chi connectivity index (χ0v) is 15.7.